The summed E-state index contributed by atoms with van der Waals surface area (Å²) in [7, 11) is 0. The van der Waals surface area contributed by atoms with Crippen LogP contribution in [-0.2, 0) is 13.0 Å². The Morgan fingerprint density at radius 2 is 2.28 bits per heavy atom. The molecule has 0 amide bonds. The Balaban J connectivity index is 1.71. The van der Waals surface area contributed by atoms with Gasteiger partial charge >= 0.3 is 0 Å². The number of hydrogen-bond acceptors (Lipinski definition) is 5. The molecule has 2 aromatic heterocycles. The van der Waals surface area contributed by atoms with Gasteiger partial charge in [0.2, 0.25) is 5.89 Å². The summed E-state index contributed by atoms with van der Waals surface area (Å²) < 4.78 is 6.99. The van der Waals surface area contributed by atoms with E-state index in [9.17, 15) is 0 Å². The highest BCUT2D eigenvalue weighted by Crippen LogP contribution is 2.04. The number of nitrogens with zero attached hydrogens (tertiary/aromatic N) is 4. The zero-order chi connectivity index (χ0) is 13.0. The second-order valence-electron chi connectivity index (χ2n) is 4.58. The Kier molecular flexibility index (Phi) is 4.09. The van der Waals surface area contributed by atoms with Gasteiger partial charge in [-0.25, -0.2) is 0 Å². The van der Waals surface area contributed by atoms with Crippen molar-refractivity contribution in [1.29, 1.82) is 0 Å². The van der Waals surface area contributed by atoms with E-state index in [-0.39, 0.29) is 0 Å². The molecule has 0 saturated carbocycles. The van der Waals surface area contributed by atoms with E-state index in [1.54, 1.807) is 0 Å². The second kappa shape index (κ2) is 5.77. The summed E-state index contributed by atoms with van der Waals surface area (Å²) in [5, 5.41) is 11.4. The SMILES string of the molecule is Cc1noc(CCNCc2cnn(C(C)C)c2)n1. The monoisotopic (exact) mass is 249 g/mol. The van der Waals surface area contributed by atoms with Crippen molar-refractivity contribution in [3.8, 4) is 0 Å². The van der Waals surface area contributed by atoms with Gasteiger partial charge in [-0.05, 0) is 20.8 Å². The van der Waals surface area contributed by atoms with Gasteiger partial charge in [0.15, 0.2) is 5.82 Å². The van der Waals surface area contributed by atoms with Crippen molar-refractivity contribution >= 4 is 0 Å². The molecule has 0 saturated heterocycles. The van der Waals surface area contributed by atoms with E-state index in [1.165, 1.54) is 5.56 Å². The molecule has 2 rings (SSSR count). The van der Waals surface area contributed by atoms with E-state index in [0.29, 0.717) is 17.8 Å². The van der Waals surface area contributed by atoms with Crippen molar-refractivity contribution in [3.63, 3.8) is 0 Å². The minimum Gasteiger partial charge on any atom is -0.339 e. The smallest absolute Gasteiger partial charge is 0.227 e. The number of aryl methyl sites for hydroxylation is 1. The molecule has 0 aromatic carbocycles. The third-order valence-electron chi connectivity index (χ3n) is 2.60. The quantitative estimate of drug-likeness (QED) is 0.785. The summed E-state index contributed by atoms with van der Waals surface area (Å²) in [6.45, 7) is 7.67. The van der Waals surface area contributed by atoms with E-state index >= 15 is 0 Å². The Morgan fingerprint density at radius 1 is 1.44 bits per heavy atom. The standard InChI is InChI=1S/C12H19N5O/c1-9(2)17-8-11(7-14-17)6-13-5-4-12-15-10(3)16-18-12/h7-9,13H,4-6H2,1-3H3. The molecular weight excluding hydrogens is 230 g/mol. The number of rotatable bonds is 6. The summed E-state index contributed by atoms with van der Waals surface area (Å²) in [6, 6.07) is 0.403. The summed E-state index contributed by atoms with van der Waals surface area (Å²) >= 11 is 0. The zero-order valence-corrected chi connectivity index (χ0v) is 11.1. The molecule has 0 atom stereocenters. The highest BCUT2D eigenvalue weighted by atomic mass is 16.5. The number of hydrogen-bond donors (Lipinski definition) is 1. The van der Waals surface area contributed by atoms with Crippen LogP contribution in [0.4, 0.5) is 0 Å². The van der Waals surface area contributed by atoms with Crippen molar-refractivity contribution in [2.24, 2.45) is 0 Å². The van der Waals surface area contributed by atoms with Crippen LogP contribution in [0.15, 0.2) is 16.9 Å². The molecule has 0 fully saturated rings. The summed E-state index contributed by atoms with van der Waals surface area (Å²) in [4.78, 5) is 4.15. The van der Waals surface area contributed by atoms with Crippen LogP contribution >= 0.6 is 0 Å². The molecule has 0 aliphatic heterocycles. The van der Waals surface area contributed by atoms with Crippen LogP contribution < -0.4 is 5.32 Å². The van der Waals surface area contributed by atoms with Crippen LogP contribution in [0.2, 0.25) is 0 Å². The molecule has 1 N–H and O–H groups in total. The fourth-order valence-corrected chi connectivity index (χ4v) is 1.62. The number of aromatic nitrogens is 4. The van der Waals surface area contributed by atoms with Gasteiger partial charge in [-0.1, -0.05) is 5.16 Å². The lowest BCUT2D eigenvalue weighted by molar-refractivity contribution is 0.372. The normalized spacial score (nSPS) is 11.3. The molecule has 2 aromatic rings. The van der Waals surface area contributed by atoms with Gasteiger partial charge in [-0.2, -0.15) is 10.1 Å². The fourth-order valence-electron chi connectivity index (χ4n) is 1.62. The first-order valence-corrected chi connectivity index (χ1v) is 6.18. The van der Waals surface area contributed by atoms with Crippen LogP contribution in [0.25, 0.3) is 0 Å². The molecule has 0 unspecified atom stereocenters. The fraction of sp³-hybridized carbons (Fsp3) is 0.583. The van der Waals surface area contributed by atoms with Crippen LogP contribution in [-0.4, -0.2) is 26.5 Å². The van der Waals surface area contributed by atoms with Crippen LogP contribution in [0.1, 0.15) is 37.2 Å². The Morgan fingerprint density at radius 3 is 2.89 bits per heavy atom. The minimum atomic E-state index is 0.403. The lowest BCUT2D eigenvalue weighted by Gasteiger charge is -2.03. The largest absolute Gasteiger partial charge is 0.339 e. The second-order valence-corrected chi connectivity index (χ2v) is 4.58. The lowest BCUT2D eigenvalue weighted by atomic mass is 10.3. The average Bonchev–Trinajstić information content (AvgIpc) is 2.93. The molecule has 98 valence electrons. The van der Waals surface area contributed by atoms with E-state index in [2.05, 4.69) is 40.6 Å². The van der Waals surface area contributed by atoms with Crippen LogP contribution in [0.5, 0.6) is 0 Å². The first kappa shape index (κ1) is 12.8. The highest BCUT2D eigenvalue weighted by Gasteiger charge is 2.03. The van der Waals surface area contributed by atoms with E-state index in [0.717, 1.165) is 19.5 Å². The van der Waals surface area contributed by atoms with Gasteiger partial charge < -0.3 is 9.84 Å². The molecule has 0 aliphatic rings. The molecule has 0 aliphatic carbocycles. The molecule has 6 heteroatoms. The molecule has 6 nitrogen and oxygen atoms in total. The van der Waals surface area contributed by atoms with E-state index in [1.807, 2.05) is 17.8 Å². The number of nitrogens with one attached hydrogen (secondary N) is 1. The van der Waals surface area contributed by atoms with E-state index < -0.39 is 0 Å². The highest BCUT2D eigenvalue weighted by molar-refractivity contribution is 5.03. The van der Waals surface area contributed by atoms with Crippen molar-refractivity contribution < 1.29 is 4.52 Å². The Bertz CT molecular complexity index is 488. The summed E-state index contributed by atoms with van der Waals surface area (Å²) in [5.41, 5.74) is 1.19. The van der Waals surface area contributed by atoms with Crippen molar-refractivity contribution in [3.05, 3.63) is 29.7 Å². The van der Waals surface area contributed by atoms with Gasteiger partial charge in [0.25, 0.3) is 0 Å². The predicted octanol–water partition coefficient (Wildman–Crippen LogP) is 1.49. The molecular formula is C12H19N5O. The van der Waals surface area contributed by atoms with Gasteiger partial charge in [0, 0.05) is 37.3 Å². The van der Waals surface area contributed by atoms with Crippen molar-refractivity contribution in [1.82, 2.24) is 25.2 Å². The first-order valence-electron chi connectivity index (χ1n) is 6.18. The summed E-state index contributed by atoms with van der Waals surface area (Å²) in [5.74, 6) is 1.36. The molecule has 0 radical (unpaired) electrons. The topological polar surface area (TPSA) is 68.8 Å². The van der Waals surface area contributed by atoms with Crippen molar-refractivity contribution in [2.45, 2.75) is 39.8 Å². The van der Waals surface area contributed by atoms with Gasteiger partial charge in [-0.15, -0.1) is 0 Å². The Labute approximate surface area is 106 Å². The van der Waals surface area contributed by atoms with Crippen LogP contribution in [0, 0.1) is 6.92 Å². The first-order chi connectivity index (χ1) is 8.65. The molecule has 0 spiro atoms. The maximum atomic E-state index is 5.03. The van der Waals surface area contributed by atoms with Gasteiger partial charge in [0.1, 0.15) is 0 Å². The maximum absolute atomic E-state index is 5.03. The minimum absolute atomic E-state index is 0.403. The lowest BCUT2D eigenvalue weighted by Crippen LogP contribution is -2.16. The summed E-state index contributed by atoms with van der Waals surface area (Å²) in [6.07, 6.45) is 4.71. The predicted molar refractivity (Wildman–Crippen MR) is 67.1 cm³/mol. The molecule has 2 heterocycles. The third kappa shape index (κ3) is 3.40. The average molecular weight is 249 g/mol. The van der Waals surface area contributed by atoms with E-state index in [4.69, 9.17) is 4.52 Å². The molecule has 0 bridgehead atoms. The Hall–Kier alpha value is -1.69. The maximum Gasteiger partial charge on any atom is 0.227 e. The zero-order valence-electron chi connectivity index (χ0n) is 11.1. The molecule has 18 heavy (non-hydrogen) atoms. The van der Waals surface area contributed by atoms with Gasteiger partial charge in [0.05, 0.1) is 6.20 Å². The third-order valence-corrected chi connectivity index (χ3v) is 2.60. The van der Waals surface area contributed by atoms with Crippen molar-refractivity contribution in [2.75, 3.05) is 6.54 Å². The van der Waals surface area contributed by atoms with Gasteiger partial charge in [-0.3, -0.25) is 4.68 Å². The van der Waals surface area contributed by atoms with Crippen LogP contribution in [0.3, 0.4) is 0 Å².